The highest BCUT2D eigenvalue weighted by atomic mass is 28.4. The van der Waals surface area contributed by atoms with Crippen LogP contribution in [0.1, 0.15) is 46.5 Å². The maximum atomic E-state index is 6.96. The third-order valence-electron chi connectivity index (χ3n) is 6.08. The largest absolute Gasteiger partial charge is 0.407 e. The molecule has 0 bridgehead atoms. The van der Waals surface area contributed by atoms with Gasteiger partial charge in [0.2, 0.25) is 0 Å². The number of rotatable bonds is 15. The van der Waals surface area contributed by atoms with E-state index in [1.54, 1.807) is 0 Å². The molecule has 2 aromatic carbocycles. The average Bonchev–Trinajstić information content (AvgIpc) is 2.77. The molecule has 0 saturated carbocycles. The Hall–Kier alpha value is -1.25. The Labute approximate surface area is 205 Å². The van der Waals surface area contributed by atoms with Gasteiger partial charge >= 0.3 is 0 Å². The van der Waals surface area contributed by atoms with Gasteiger partial charge in [-0.25, -0.2) is 0 Å². The summed E-state index contributed by atoms with van der Waals surface area (Å²) >= 11 is 0. The fourth-order valence-electron chi connectivity index (χ4n) is 4.20. The van der Waals surface area contributed by atoms with Gasteiger partial charge in [-0.3, -0.25) is 0 Å². The van der Waals surface area contributed by atoms with Crippen LogP contribution in [0.25, 0.3) is 0 Å². The highest BCUT2D eigenvalue weighted by molar-refractivity contribution is 6.99. The van der Waals surface area contributed by atoms with Gasteiger partial charge in [-0.2, -0.15) is 0 Å². The summed E-state index contributed by atoms with van der Waals surface area (Å²) in [4.78, 5) is 0. The first-order chi connectivity index (χ1) is 15.7. The van der Waals surface area contributed by atoms with Gasteiger partial charge in [-0.15, -0.1) is 0 Å². The van der Waals surface area contributed by atoms with Crippen molar-refractivity contribution < 1.29 is 13.9 Å². The van der Waals surface area contributed by atoms with E-state index in [1.807, 2.05) is 0 Å². The van der Waals surface area contributed by atoms with Crippen LogP contribution in [-0.2, 0) is 13.9 Å². The smallest absolute Gasteiger partial charge is 0.261 e. The van der Waals surface area contributed by atoms with Crippen molar-refractivity contribution in [2.24, 2.45) is 0 Å². The monoisotopic (exact) mass is 486 g/mol. The lowest BCUT2D eigenvalue weighted by Gasteiger charge is -2.43. The van der Waals surface area contributed by atoms with Crippen molar-refractivity contribution in [1.82, 2.24) is 0 Å². The minimum absolute atomic E-state index is 0.0407. The quantitative estimate of drug-likeness (QED) is 0.164. The van der Waals surface area contributed by atoms with Crippen molar-refractivity contribution in [3.63, 3.8) is 0 Å². The van der Waals surface area contributed by atoms with E-state index in [0.717, 1.165) is 39.1 Å². The molecule has 5 heteroatoms. The number of benzene rings is 2. The van der Waals surface area contributed by atoms with E-state index in [9.17, 15) is 0 Å². The number of unbranched alkanes of at least 4 members (excludes halogenated alkanes) is 3. The van der Waals surface area contributed by atoms with Gasteiger partial charge in [0.05, 0.1) is 0 Å². The van der Waals surface area contributed by atoms with E-state index in [1.165, 1.54) is 22.8 Å². The predicted molar refractivity (Wildman–Crippen MR) is 147 cm³/mol. The molecule has 0 aromatic heterocycles. The zero-order chi connectivity index (χ0) is 24.2. The molecular formula is C28H46O3Si2. The Morgan fingerprint density at radius 2 is 1.12 bits per heavy atom. The SMILES string of the molecule is CC(C)(C)[Si](OCCCCCCOCOCC[Si](C)(C)C)(c1ccccc1)c1ccccc1. The summed E-state index contributed by atoms with van der Waals surface area (Å²) < 4.78 is 18.2. The van der Waals surface area contributed by atoms with E-state index in [2.05, 4.69) is 101 Å². The van der Waals surface area contributed by atoms with Crippen LogP contribution in [0.15, 0.2) is 60.7 Å². The predicted octanol–water partition coefficient (Wildman–Crippen LogP) is 6.45. The van der Waals surface area contributed by atoms with Gasteiger partial charge in [0.25, 0.3) is 8.32 Å². The van der Waals surface area contributed by atoms with Gasteiger partial charge in [0.15, 0.2) is 0 Å². The Bertz CT molecular complexity index is 728. The van der Waals surface area contributed by atoms with Crippen LogP contribution in [0.2, 0.25) is 30.7 Å². The first kappa shape index (κ1) is 28.0. The Morgan fingerprint density at radius 1 is 0.636 bits per heavy atom. The fraction of sp³-hybridized carbons (Fsp3) is 0.571. The molecule has 0 unspecified atom stereocenters. The van der Waals surface area contributed by atoms with E-state index in [0.29, 0.717) is 6.79 Å². The standard InChI is InChI=1S/C28H46O3Si2/c1-28(2,3)33(26-17-11-9-12-18-26,27-19-13-10-14-20-27)31-22-16-8-7-15-21-29-25-30-23-24-32(4,5)6/h9-14,17-20H,7-8,15-16,21-25H2,1-6H3. The van der Waals surface area contributed by atoms with Gasteiger partial charge in [-0.1, -0.05) is 114 Å². The summed E-state index contributed by atoms with van der Waals surface area (Å²) in [6, 6.07) is 23.0. The van der Waals surface area contributed by atoms with E-state index in [4.69, 9.17) is 13.9 Å². The summed E-state index contributed by atoms with van der Waals surface area (Å²) in [6.07, 6.45) is 4.49. The summed E-state index contributed by atoms with van der Waals surface area (Å²) in [5.74, 6) is 0. The van der Waals surface area contributed by atoms with Gasteiger partial charge < -0.3 is 13.9 Å². The molecule has 2 aromatic rings. The summed E-state index contributed by atoms with van der Waals surface area (Å²) in [5, 5.41) is 2.75. The van der Waals surface area contributed by atoms with Gasteiger partial charge in [0, 0.05) is 27.9 Å². The second kappa shape index (κ2) is 13.6. The highest BCUT2D eigenvalue weighted by Gasteiger charge is 2.49. The zero-order valence-corrected chi connectivity index (χ0v) is 23.9. The van der Waals surface area contributed by atoms with Crippen LogP contribution in [-0.4, -0.2) is 43.0 Å². The maximum Gasteiger partial charge on any atom is 0.261 e. The van der Waals surface area contributed by atoms with Crippen LogP contribution in [0.5, 0.6) is 0 Å². The molecule has 0 saturated heterocycles. The van der Waals surface area contributed by atoms with Crippen molar-refractivity contribution in [1.29, 1.82) is 0 Å². The average molecular weight is 487 g/mol. The second-order valence-corrected chi connectivity index (χ2v) is 21.1. The van der Waals surface area contributed by atoms with Crippen LogP contribution in [0.4, 0.5) is 0 Å². The molecule has 33 heavy (non-hydrogen) atoms. The maximum absolute atomic E-state index is 6.96. The third kappa shape index (κ3) is 9.14. The summed E-state index contributed by atoms with van der Waals surface area (Å²) in [5.41, 5.74) is 0. The van der Waals surface area contributed by atoms with Crippen molar-refractivity contribution >= 4 is 26.8 Å². The van der Waals surface area contributed by atoms with Gasteiger partial charge in [-0.05, 0) is 34.3 Å². The zero-order valence-electron chi connectivity index (χ0n) is 21.9. The minimum Gasteiger partial charge on any atom is -0.407 e. The lowest BCUT2D eigenvalue weighted by Crippen LogP contribution is -2.66. The summed E-state index contributed by atoms with van der Waals surface area (Å²) in [7, 11) is -3.41. The molecule has 0 aliphatic rings. The molecular weight excluding hydrogens is 440 g/mol. The van der Waals surface area contributed by atoms with Crippen molar-refractivity contribution in [2.75, 3.05) is 26.6 Å². The summed E-state index contributed by atoms with van der Waals surface area (Å²) in [6.45, 7) is 17.0. The van der Waals surface area contributed by atoms with E-state index >= 15 is 0 Å². The van der Waals surface area contributed by atoms with Crippen LogP contribution in [0, 0.1) is 0 Å². The molecule has 0 heterocycles. The molecule has 0 fully saturated rings. The molecule has 2 rings (SSSR count). The number of hydrogen-bond acceptors (Lipinski definition) is 3. The minimum atomic E-state index is -2.40. The van der Waals surface area contributed by atoms with Crippen molar-refractivity contribution in [2.45, 2.75) is 77.2 Å². The topological polar surface area (TPSA) is 27.7 Å². The molecule has 0 N–H and O–H groups in total. The molecule has 0 radical (unpaired) electrons. The molecule has 3 nitrogen and oxygen atoms in total. The first-order valence-electron chi connectivity index (χ1n) is 12.6. The molecule has 0 amide bonds. The van der Waals surface area contributed by atoms with Crippen molar-refractivity contribution in [3.05, 3.63) is 60.7 Å². The molecule has 184 valence electrons. The van der Waals surface area contributed by atoms with E-state index < -0.39 is 16.4 Å². The highest BCUT2D eigenvalue weighted by Crippen LogP contribution is 2.36. The molecule has 0 aliphatic carbocycles. The third-order valence-corrected chi connectivity index (χ3v) is 12.8. The fourth-order valence-corrected chi connectivity index (χ4v) is 9.56. The Balaban J connectivity index is 1.81. The van der Waals surface area contributed by atoms with Crippen LogP contribution >= 0.6 is 0 Å². The van der Waals surface area contributed by atoms with Crippen molar-refractivity contribution in [3.8, 4) is 0 Å². The lowest BCUT2D eigenvalue weighted by molar-refractivity contribution is -0.0504. The molecule has 0 atom stereocenters. The number of ether oxygens (including phenoxy) is 2. The lowest BCUT2D eigenvalue weighted by atomic mass is 10.2. The molecule has 0 spiro atoms. The normalized spacial score (nSPS) is 12.8. The van der Waals surface area contributed by atoms with E-state index in [-0.39, 0.29) is 5.04 Å². The van der Waals surface area contributed by atoms with Crippen LogP contribution < -0.4 is 10.4 Å². The molecule has 0 aliphatic heterocycles. The van der Waals surface area contributed by atoms with Crippen LogP contribution in [0.3, 0.4) is 0 Å². The Morgan fingerprint density at radius 3 is 1.61 bits per heavy atom. The first-order valence-corrected chi connectivity index (χ1v) is 18.2. The van der Waals surface area contributed by atoms with Gasteiger partial charge in [0.1, 0.15) is 6.79 Å². The number of hydrogen-bond donors (Lipinski definition) is 0. The second-order valence-electron chi connectivity index (χ2n) is 11.2. The Kier molecular flexibility index (Phi) is 11.5.